The lowest BCUT2D eigenvalue weighted by atomic mass is 9.68. The van der Waals surface area contributed by atoms with Crippen molar-refractivity contribution in [3.63, 3.8) is 0 Å². The number of aliphatic carboxylic acids is 1. The molecule has 2 aliphatic heterocycles. The molecule has 1 N–H and O–H groups in total. The third kappa shape index (κ3) is 4.75. The maximum Gasteiger partial charge on any atom is 0.328 e. The summed E-state index contributed by atoms with van der Waals surface area (Å²) in [7, 11) is 0. The number of carbonyl (C=O) groups excluding carboxylic acids is 1. The van der Waals surface area contributed by atoms with Crippen molar-refractivity contribution in [1.82, 2.24) is 4.90 Å². The van der Waals surface area contributed by atoms with Crippen LogP contribution in [0, 0.1) is 11.8 Å². The molecule has 2 saturated heterocycles. The number of para-hydroxylation sites is 1. The van der Waals surface area contributed by atoms with Crippen LogP contribution in [0.15, 0.2) is 30.3 Å². The highest BCUT2D eigenvalue weighted by atomic mass is 16.4. The molecule has 4 fully saturated rings. The van der Waals surface area contributed by atoms with E-state index in [4.69, 9.17) is 5.11 Å². The van der Waals surface area contributed by atoms with Crippen molar-refractivity contribution >= 4 is 23.6 Å². The van der Waals surface area contributed by atoms with Crippen LogP contribution in [-0.4, -0.2) is 46.1 Å². The minimum Gasteiger partial charge on any atom is -0.478 e. The van der Waals surface area contributed by atoms with Crippen LogP contribution < -0.4 is 4.90 Å². The van der Waals surface area contributed by atoms with Gasteiger partial charge in [0, 0.05) is 37.2 Å². The monoisotopic (exact) mass is 450 g/mol. The second kappa shape index (κ2) is 9.61. The minimum absolute atomic E-state index is 0.0508. The average Bonchev–Trinajstić information content (AvgIpc) is 2.77. The molecule has 178 valence electrons. The Bertz CT molecular complexity index is 886. The molecule has 1 amide bonds. The maximum atomic E-state index is 12.9. The standard InChI is InChI=1S/C28H38N2O3/c1-19(31)29(27-11-3-2-8-22(27)12-13-28(32)33)26-17-23-9-5-10-24(18-26)30(23)25-15-20-6-4-7-21(14-20)16-25/h2-3,8,11-13,20-21,23-26H,4-7,9-10,14-18H2,1H3,(H,32,33)/b13-12+/t20-,21+,23-,24+,25+,26+. The number of nitrogens with zero attached hydrogens (tertiary/aromatic N) is 2. The topological polar surface area (TPSA) is 60.9 Å². The number of hydrogen-bond acceptors (Lipinski definition) is 3. The van der Waals surface area contributed by atoms with Crippen LogP contribution in [0.5, 0.6) is 0 Å². The fourth-order valence-electron chi connectivity index (χ4n) is 7.77. The molecule has 2 heterocycles. The van der Waals surface area contributed by atoms with E-state index in [1.165, 1.54) is 57.8 Å². The summed E-state index contributed by atoms with van der Waals surface area (Å²) in [4.78, 5) is 28.9. The van der Waals surface area contributed by atoms with Crippen molar-refractivity contribution in [2.75, 3.05) is 4.90 Å². The summed E-state index contributed by atoms with van der Waals surface area (Å²) in [5, 5.41) is 9.11. The van der Waals surface area contributed by atoms with Gasteiger partial charge in [0.1, 0.15) is 0 Å². The van der Waals surface area contributed by atoms with Crippen molar-refractivity contribution in [2.24, 2.45) is 11.8 Å². The van der Waals surface area contributed by atoms with E-state index in [0.717, 1.165) is 48.0 Å². The highest BCUT2D eigenvalue weighted by Gasteiger charge is 2.46. The van der Waals surface area contributed by atoms with Gasteiger partial charge in [-0.25, -0.2) is 4.79 Å². The number of benzene rings is 1. The Labute approximate surface area is 197 Å². The van der Waals surface area contributed by atoms with Gasteiger partial charge >= 0.3 is 5.97 Å². The van der Waals surface area contributed by atoms with Crippen LogP contribution in [0.2, 0.25) is 0 Å². The van der Waals surface area contributed by atoms with Crippen molar-refractivity contribution < 1.29 is 14.7 Å². The molecule has 4 bridgehead atoms. The summed E-state index contributed by atoms with van der Waals surface area (Å²) in [5.41, 5.74) is 1.63. The Hall–Kier alpha value is -2.14. The molecule has 0 unspecified atom stereocenters. The number of carboxylic acids is 1. The van der Waals surface area contributed by atoms with Gasteiger partial charge < -0.3 is 10.0 Å². The van der Waals surface area contributed by atoms with Crippen LogP contribution >= 0.6 is 0 Å². The van der Waals surface area contributed by atoms with Gasteiger partial charge in [-0.2, -0.15) is 0 Å². The lowest BCUT2D eigenvalue weighted by Crippen LogP contribution is -2.61. The highest BCUT2D eigenvalue weighted by Crippen LogP contribution is 2.46. The molecule has 33 heavy (non-hydrogen) atoms. The van der Waals surface area contributed by atoms with Gasteiger partial charge in [-0.05, 0) is 74.5 Å². The number of anilines is 1. The summed E-state index contributed by atoms with van der Waals surface area (Å²) in [6.45, 7) is 1.65. The zero-order chi connectivity index (χ0) is 22.9. The molecule has 5 nitrogen and oxygen atoms in total. The summed E-state index contributed by atoms with van der Waals surface area (Å²) < 4.78 is 0. The zero-order valence-electron chi connectivity index (χ0n) is 19.9. The van der Waals surface area contributed by atoms with Crippen LogP contribution in [0.4, 0.5) is 5.69 Å². The second-order valence-electron chi connectivity index (χ2n) is 11.0. The molecular weight excluding hydrogens is 412 g/mol. The fourth-order valence-corrected chi connectivity index (χ4v) is 7.77. The molecule has 0 aromatic heterocycles. The molecule has 5 heteroatoms. The lowest BCUT2D eigenvalue weighted by molar-refractivity contribution is -0.131. The van der Waals surface area contributed by atoms with E-state index in [1.807, 2.05) is 29.2 Å². The van der Waals surface area contributed by atoms with E-state index >= 15 is 0 Å². The number of carbonyl (C=O) groups is 2. The summed E-state index contributed by atoms with van der Waals surface area (Å²) in [6, 6.07) is 9.76. The van der Waals surface area contributed by atoms with E-state index < -0.39 is 5.97 Å². The third-order valence-corrected chi connectivity index (χ3v) is 8.84. The highest BCUT2D eigenvalue weighted by molar-refractivity contribution is 5.95. The summed E-state index contributed by atoms with van der Waals surface area (Å²) in [5.74, 6) is 0.944. The van der Waals surface area contributed by atoms with E-state index in [1.54, 1.807) is 13.0 Å². The largest absolute Gasteiger partial charge is 0.478 e. The van der Waals surface area contributed by atoms with Gasteiger partial charge in [0.05, 0.1) is 5.69 Å². The first-order valence-electron chi connectivity index (χ1n) is 13.1. The summed E-state index contributed by atoms with van der Waals surface area (Å²) >= 11 is 0. The van der Waals surface area contributed by atoms with Crippen molar-refractivity contribution in [1.29, 1.82) is 0 Å². The van der Waals surface area contributed by atoms with Crippen LogP contribution in [-0.2, 0) is 9.59 Å². The van der Waals surface area contributed by atoms with Gasteiger partial charge in [0.25, 0.3) is 0 Å². The number of amides is 1. The molecule has 1 aromatic rings. The molecule has 2 saturated carbocycles. The molecular formula is C28H38N2O3. The molecule has 0 radical (unpaired) electrons. The van der Waals surface area contributed by atoms with E-state index in [0.29, 0.717) is 12.1 Å². The number of rotatable bonds is 5. The smallest absolute Gasteiger partial charge is 0.328 e. The predicted octanol–water partition coefficient (Wildman–Crippen LogP) is 5.49. The van der Waals surface area contributed by atoms with Crippen LogP contribution in [0.25, 0.3) is 6.08 Å². The van der Waals surface area contributed by atoms with Gasteiger partial charge in [-0.1, -0.05) is 43.9 Å². The number of fused-ring (bicyclic) bond motifs is 4. The Balaban J connectivity index is 1.39. The third-order valence-electron chi connectivity index (χ3n) is 8.84. The van der Waals surface area contributed by atoms with Gasteiger partial charge in [0.15, 0.2) is 0 Å². The Morgan fingerprint density at radius 2 is 1.55 bits per heavy atom. The first-order chi connectivity index (χ1) is 16.0. The van der Waals surface area contributed by atoms with Crippen molar-refractivity contribution in [3.05, 3.63) is 35.9 Å². The number of carboxylic acid groups (broad SMARTS) is 1. The second-order valence-corrected chi connectivity index (χ2v) is 11.0. The Morgan fingerprint density at radius 1 is 0.909 bits per heavy atom. The van der Waals surface area contributed by atoms with Crippen LogP contribution in [0.1, 0.15) is 83.1 Å². The van der Waals surface area contributed by atoms with E-state index in [2.05, 4.69) is 4.90 Å². The normalized spacial score (nSPS) is 34.2. The fraction of sp³-hybridized carbons (Fsp3) is 0.643. The molecule has 0 spiro atoms. The minimum atomic E-state index is -0.973. The molecule has 6 atom stereocenters. The van der Waals surface area contributed by atoms with Crippen molar-refractivity contribution in [3.8, 4) is 0 Å². The number of hydrogen-bond donors (Lipinski definition) is 1. The van der Waals surface area contributed by atoms with E-state index in [9.17, 15) is 9.59 Å². The Morgan fingerprint density at radius 3 is 2.18 bits per heavy atom. The Kier molecular flexibility index (Phi) is 6.60. The van der Waals surface area contributed by atoms with Crippen molar-refractivity contribution in [2.45, 2.75) is 102 Å². The SMILES string of the molecule is CC(=O)N(c1ccccc1/C=C/C(=O)O)[C@H]1C[C@H]2CCC[C@@H](C1)N2[C@H]1C[C@@H]2CCC[C@@H](C2)C1. The van der Waals surface area contributed by atoms with E-state index in [-0.39, 0.29) is 11.9 Å². The number of piperidine rings is 2. The average molecular weight is 451 g/mol. The van der Waals surface area contributed by atoms with Gasteiger partial charge in [0.2, 0.25) is 5.91 Å². The lowest BCUT2D eigenvalue weighted by Gasteiger charge is -2.56. The first kappa shape index (κ1) is 22.6. The molecule has 2 aliphatic carbocycles. The zero-order valence-corrected chi connectivity index (χ0v) is 19.9. The maximum absolute atomic E-state index is 12.9. The molecule has 4 aliphatic rings. The quantitative estimate of drug-likeness (QED) is 0.603. The van der Waals surface area contributed by atoms with Gasteiger partial charge in [-0.15, -0.1) is 0 Å². The van der Waals surface area contributed by atoms with Crippen LogP contribution in [0.3, 0.4) is 0 Å². The first-order valence-corrected chi connectivity index (χ1v) is 13.1. The molecule has 5 rings (SSSR count). The van der Waals surface area contributed by atoms with Gasteiger partial charge in [-0.3, -0.25) is 9.69 Å². The molecule has 1 aromatic carbocycles. The predicted molar refractivity (Wildman–Crippen MR) is 131 cm³/mol. The summed E-state index contributed by atoms with van der Waals surface area (Å²) in [6.07, 6.45) is 17.1.